The Kier molecular flexibility index (Phi) is 8.14. The molecule has 2 aliphatic heterocycles. The summed E-state index contributed by atoms with van der Waals surface area (Å²) < 4.78 is 142. The summed E-state index contributed by atoms with van der Waals surface area (Å²) in [5.74, 6) is -4.34. The van der Waals surface area contributed by atoms with E-state index < -0.39 is 91.0 Å². The number of sulfone groups is 1. The summed E-state index contributed by atoms with van der Waals surface area (Å²) >= 11 is 0. The molecular formula is C29H27F8NO6S. The molecule has 1 aliphatic carbocycles. The normalized spacial score (nSPS) is 26.0. The Bertz CT molecular complexity index is 1570. The molecule has 2 aromatic carbocycles. The van der Waals surface area contributed by atoms with Gasteiger partial charge in [0, 0.05) is 23.6 Å². The van der Waals surface area contributed by atoms with Gasteiger partial charge in [0.2, 0.25) is 5.91 Å². The number of rotatable bonds is 5. The van der Waals surface area contributed by atoms with Gasteiger partial charge in [-0.2, -0.15) is 26.3 Å². The number of fused-ring (bicyclic) bond motifs is 3. The minimum atomic E-state index is -6.43. The highest BCUT2D eigenvalue weighted by atomic mass is 32.2. The Balaban J connectivity index is 1.65. The second kappa shape index (κ2) is 11.1. The molecule has 2 unspecified atom stereocenters. The number of likely N-dealkylation sites (tertiary alicyclic amines) is 1. The number of amides is 1. The SMILES string of the molecule is O=C(O)[C@H]1CC[C@H](C(=O)N2CCCC3(S(=O)(=O)c4ccc(F)cc4)c4ccc(C(F)(C(F)(F)F)C(F)(F)F)cc4OCC23)CC1. The van der Waals surface area contributed by atoms with E-state index in [1.54, 1.807) is 0 Å². The topological polar surface area (TPSA) is 101 Å². The number of benzene rings is 2. The van der Waals surface area contributed by atoms with Crippen molar-refractivity contribution in [2.75, 3.05) is 13.2 Å². The van der Waals surface area contributed by atoms with Crippen molar-refractivity contribution in [1.29, 1.82) is 0 Å². The van der Waals surface area contributed by atoms with Crippen LogP contribution in [0.2, 0.25) is 0 Å². The van der Waals surface area contributed by atoms with Gasteiger partial charge in [0.05, 0.1) is 16.9 Å². The van der Waals surface area contributed by atoms with Crippen LogP contribution in [0.15, 0.2) is 47.4 Å². The first-order valence-electron chi connectivity index (χ1n) is 14.0. The molecule has 1 saturated heterocycles. The maximum Gasteiger partial charge on any atom is 0.435 e. The van der Waals surface area contributed by atoms with E-state index in [-0.39, 0.29) is 62.8 Å². The third-order valence-electron chi connectivity index (χ3n) is 9.19. The molecule has 1 saturated carbocycles. The first-order chi connectivity index (χ1) is 20.9. The summed E-state index contributed by atoms with van der Waals surface area (Å²) in [6, 6.07) is 3.34. The molecule has 2 heterocycles. The molecule has 5 rings (SSSR count). The van der Waals surface area contributed by atoms with Crippen LogP contribution in [0.5, 0.6) is 5.75 Å². The van der Waals surface area contributed by atoms with Crippen LogP contribution < -0.4 is 4.74 Å². The number of carboxylic acids is 1. The lowest BCUT2D eigenvalue weighted by Crippen LogP contribution is -2.64. The Morgan fingerprint density at radius 2 is 1.47 bits per heavy atom. The van der Waals surface area contributed by atoms with E-state index in [0.717, 1.165) is 24.3 Å². The standard InChI is InChI=1S/C29H27F8NO6S/c30-19-7-9-20(10-8-19)45(42,43)26-12-1-13-38(24(39)16-2-4-17(5-3-16)25(40)41)23(26)15-44-22-14-18(6-11-21(22)26)27(31,28(32,33)34)29(35,36)37/h6-11,14,16-17,23H,1-5,12-13,15H2,(H,40,41)/t16-,17-,23?,26?. The number of ether oxygens (including phenoxy) is 1. The van der Waals surface area contributed by atoms with Crippen molar-refractivity contribution in [3.63, 3.8) is 0 Å². The van der Waals surface area contributed by atoms with E-state index in [4.69, 9.17) is 4.74 Å². The molecule has 0 bridgehead atoms. The average Bonchev–Trinajstić information content (AvgIpc) is 2.98. The summed E-state index contributed by atoms with van der Waals surface area (Å²) in [5.41, 5.74) is -8.04. The summed E-state index contributed by atoms with van der Waals surface area (Å²) in [6.45, 7) is -0.639. The van der Waals surface area contributed by atoms with Crippen LogP contribution in [0, 0.1) is 17.7 Å². The monoisotopic (exact) mass is 669 g/mol. The smallest absolute Gasteiger partial charge is 0.435 e. The highest BCUT2D eigenvalue weighted by molar-refractivity contribution is 7.92. The van der Waals surface area contributed by atoms with Crippen molar-refractivity contribution in [3.05, 3.63) is 59.4 Å². The molecule has 2 fully saturated rings. The van der Waals surface area contributed by atoms with Crippen LogP contribution in [-0.2, 0) is 29.8 Å². The van der Waals surface area contributed by atoms with Gasteiger partial charge in [-0.1, -0.05) is 12.1 Å². The van der Waals surface area contributed by atoms with Gasteiger partial charge in [0.15, 0.2) is 9.84 Å². The lowest BCUT2D eigenvalue weighted by Gasteiger charge is -2.52. The maximum absolute atomic E-state index is 15.0. The molecule has 2 aromatic rings. The fourth-order valence-electron chi connectivity index (χ4n) is 6.86. The molecule has 16 heteroatoms. The molecule has 45 heavy (non-hydrogen) atoms. The van der Waals surface area contributed by atoms with E-state index >= 15 is 0 Å². The number of hydrogen-bond acceptors (Lipinski definition) is 5. The van der Waals surface area contributed by atoms with Crippen molar-refractivity contribution >= 4 is 21.7 Å². The molecule has 0 radical (unpaired) electrons. The predicted octanol–water partition coefficient (Wildman–Crippen LogP) is 6.06. The van der Waals surface area contributed by atoms with Crippen LogP contribution >= 0.6 is 0 Å². The molecule has 1 N–H and O–H groups in total. The number of piperidine rings is 1. The van der Waals surface area contributed by atoms with Crippen LogP contribution in [0.4, 0.5) is 35.1 Å². The quantitative estimate of drug-likeness (QED) is 0.307. The first-order valence-corrected chi connectivity index (χ1v) is 15.5. The number of carbonyl (C=O) groups is 2. The largest absolute Gasteiger partial charge is 0.491 e. The second-order valence-electron chi connectivity index (χ2n) is 11.6. The molecule has 0 aromatic heterocycles. The van der Waals surface area contributed by atoms with E-state index in [2.05, 4.69) is 0 Å². The molecule has 246 valence electrons. The van der Waals surface area contributed by atoms with Crippen LogP contribution in [0.25, 0.3) is 0 Å². The van der Waals surface area contributed by atoms with E-state index in [1.807, 2.05) is 0 Å². The van der Waals surface area contributed by atoms with Gasteiger partial charge in [-0.15, -0.1) is 0 Å². The van der Waals surface area contributed by atoms with Gasteiger partial charge in [-0.05, 0) is 68.9 Å². The Morgan fingerprint density at radius 1 is 0.889 bits per heavy atom. The van der Waals surface area contributed by atoms with Crippen LogP contribution in [-0.4, -0.2) is 61.8 Å². The van der Waals surface area contributed by atoms with Crippen molar-refractivity contribution in [3.8, 4) is 5.75 Å². The third kappa shape index (κ3) is 5.12. The number of alkyl halides is 7. The zero-order valence-electron chi connectivity index (χ0n) is 23.3. The number of hydrogen-bond donors (Lipinski definition) is 1. The zero-order chi connectivity index (χ0) is 33.2. The fraction of sp³-hybridized carbons (Fsp3) is 0.517. The Labute approximate surface area is 252 Å². The summed E-state index contributed by atoms with van der Waals surface area (Å²) in [5, 5.41) is 9.32. The molecule has 2 atom stereocenters. The number of carboxylic acid groups (broad SMARTS) is 1. The number of nitrogens with zero attached hydrogens (tertiary/aromatic N) is 1. The van der Waals surface area contributed by atoms with Gasteiger partial charge in [0.1, 0.15) is 22.9 Å². The highest BCUT2D eigenvalue weighted by Crippen LogP contribution is 2.57. The molecule has 7 nitrogen and oxygen atoms in total. The Morgan fingerprint density at radius 3 is 2.02 bits per heavy atom. The van der Waals surface area contributed by atoms with E-state index in [1.165, 1.54) is 4.90 Å². The van der Waals surface area contributed by atoms with Crippen LogP contribution in [0.3, 0.4) is 0 Å². The Hall–Kier alpha value is -3.43. The lowest BCUT2D eigenvalue weighted by atomic mass is 9.77. The van der Waals surface area contributed by atoms with Crippen molar-refractivity contribution < 1.29 is 63.0 Å². The summed E-state index contributed by atoms with van der Waals surface area (Å²) in [6.07, 6.45) is -12.3. The molecule has 1 amide bonds. The lowest BCUT2D eigenvalue weighted by molar-refractivity contribution is -0.348. The van der Waals surface area contributed by atoms with Crippen molar-refractivity contribution in [2.45, 2.75) is 72.2 Å². The molecular weight excluding hydrogens is 642 g/mol. The molecule has 0 spiro atoms. The van der Waals surface area contributed by atoms with E-state index in [9.17, 15) is 58.2 Å². The van der Waals surface area contributed by atoms with Gasteiger partial charge >= 0.3 is 24.0 Å². The van der Waals surface area contributed by atoms with Gasteiger partial charge in [-0.25, -0.2) is 17.2 Å². The van der Waals surface area contributed by atoms with Gasteiger partial charge in [-0.3, -0.25) is 9.59 Å². The second-order valence-corrected chi connectivity index (χ2v) is 13.8. The highest BCUT2D eigenvalue weighted by Gasteiger charge is 2.74. The van der Waals surface area contributed by atoms with Crippen molar-refractivity contribution in [1.82, 2.24) is 4.90 Å². The van der Waals surface area contributed by atoms with Crippen LogP contribution in [0.1, 0.15) is 49.7 Å². The predicted molar refractivity (Wildman–Crippen MR) is 140 cm³/mol. The summed E-state index contributed by atoms with van der Waals surface area (Å²) in [7, 11) is -4.69. The minimum absolute atomic E-state index is 0.0342. The van der Waals surface area contributed by atoms with Crippen molar-refractivity contribution in [2.24, 2.45) is 11.8 Å². The third-order valence-corrected chi connectivity index (χ3v) is 11.7. The zero-order valence-corrected chi connectivity index (χ0v) is 24.1. The average molecular weight is 670 g/mol. The molecule has 3 aliphatic rings. The number of halogens is 8. The van der Waals surface area contributed by atoms with Gasteiger partial charge < -0.3 is 14.7 Å². The number of carbonyl (C=O) groups excluding carboxylic acids is 1. The summed E-state index contributed by atoms with van der Waals surface area (Å²) in [4.78, 5) is 26.1. The first kappa shape index (κ1) is 32.9. The number of aliphatic carboxylic acids is 1. The minimum Gasteiger partial charge on any atom is -0.491 e. The maximum atomic E-state index is 15.0. The van der Waals surface area contributed by atoms with E-state index in [0.29, 0.717) is 6.07 Å². The fourth-order valence-corrected chi connectivity index (χ4v) is 9.19. The van der Waals surface area contributed by atoms with Gasteiger partial charge in [0.25, 0.3) is 0 Å².